The molecule has 1 aliphatic carbocycles. The van der Waals surface area contributed by atoms with Crippen molar-refractivity contribution in [3.63, 3.8) is 0 Å². The summed E-state index contributed by atoms with van der Waals surface area (Å²) >= 11 is 0. The zero-order valence-electron chi connectivity index (χ0n) is 10.9. The molecule has 2 N–H and O–H groups in total. The van der Waals surface area contributed by atoms with Crippen molar-refractivity contribution in [3.05, 3.63) is 0 Å². The van der Waals surface area contributed by atoms with E-state index in [-0.39, 0.29) is 18.2 Å². The zero-order chi connectivity index (χ0) is 12.9. The summed E-state index contributed by atoms with van der Waals surface area (Å²) in [7, 11) is 1.36. The van der Waals surface area contributed by atoms with Crippen molar-refractivity contribution in [1.29, 1.82) is 0 Å². The lowest BCUT2D eigenvalue weighted by atomic mass is 10.00. The van der Waals surface area contributed by atoms with E-state index in [1.807, 2.05) is 13.8 Å². The van der Waals surface area contributed by atoms with Gasteiger partial charge in [0, 0.05) is 13.0 Å². The van der Waals surface area contributed by atoms with Crippen LogP contribution in [0.2, 0.25) is 0 Å². The van der Waals surface area contributed by atoms with Crippen LogP contribution in [0, 0.1) is 0 Å². The van der Waals surface area contributed by atoms with Gasteiger partial charge < -0.3 is 19.9 Å². The van der Waals surface area contributed by atoms with E-state index in [0.717, 1.165) is 6.42 Å². The van der Waals surface area contributed by atoms with E-state index in [1.54, 1.807) is 0 Å². The number of carbonyl (C=O) groups is 1. The fraction of sp³-hybridized carbons (Fsp3) is 0.917. The van der Waals surface area contributed by atoms with Gasteiger partial charge in [-0.25, -0.2) is 0 Å². The van der Waals surface area contributed by atoms with Crippen LogP contribution in [0.1, 0.15) is 33.1 Å². The molecule has 1 rings (SSSR count). The number of esters is 1. The minimum Gasteiger partial charge on any atom is -0.468 e. The molecule has 5 nitrogen and oxygen atoms in total. The van der Waals surface area contributed by atoms with Crippen LogP contribution in [0.5, 0.6) is 0 Å². The average molecular weight is 245 g/mol. The van der Waals surface area contributed by atoms with Crippen molar-refractivity contribution >= 4 is 5.97 Å². The molecule has 0 bridgehead atoms. The van der Waals surface area contributed by atoms with E-state index >= 15 is 0 Å². The molecule has 0 saturated heterocycles. The maximum absolute atomic E-state index is 11.5. The average Bonchev–Trinajstić information content (AvgIpc) is 2.68. The Morgan fingerprint density at radius 2 is 2.29 bits per heavy atom. The van der Waals surface area contributed by atoms with E-state index in [4.69, 9.17) is 19.9 Å². The predicted octanol–water partition coefficient (Wildman–Crippen LogP) is 0.851. The molecule has 1 aliphatic rings. The van der Waals surface area contributed by atoms with Gasteiger partial charge >= 0.3 is 5.97 Å². The first-order valence-electron chi connectivity index (χ1n) is 6.12. The Bertz CT molecular complexity index is 259. The van der Waals surface area contributed by atoms with E-state index in [9.17, 15) is 4.79 Å². The lowest BCUT2D eigenvalue weighted by Gasteiger charge is -2.22. The van der Waals surface area contributed by atoms with Crippen molar-refractivity contribution in [2.45, 2.75) is 50.9 Å². The molecule has 0 aliphatic heterocycles. The summed E-state index contributed by atoms with van der Waals surface area (Å²) in [6.45, 7) is 5.17. The summed E-state index contributed by atoms with van der Waals surface area (Å²) in [5, 5.41) is 0. The summed E-state index contributed by atoms with van der Waals surface area (Å²) in [5.74, 6) is -0.346. The Hall–Kier alpha value is -0.650. The van der Waals surface area contributed by atoms with E-state index in [0.29, 0.717) is 26.1 Å². The summed E-state index contributed by atoms with van der Waals surface area (Å²) in [4.78, 5) is 11.5. The molecule has 0 spiro atoms. The van der Waals surface area contributed by atoms with E-state index < -0.39 is 5.54 Å². The SMILES string of the molecule is CCOCC(C)OC1CCC(N)(C(=O)OC)C1. The molecular weight excluding hydrogens is 222 g/mol. The number of nitrogens with two attached hydrogens (primary N) is 1. The van der Waals surface area contributed by atoms with Crippen LogP contribution in [0.25, 0.3) is 0 Å². The third-order valence-corrected chi connectivity index (χ3v) is 3.08. The maximum Gasteiger partial charge on any atom is 0.325 e. The molecule has 5 heteroatoms. The Morgan fingerprint density at radius 1 is 1.59 bits per heavy atom. The molecule has 0 aromatic rings. The van der Waals surface area contributed by atoms with Crippen LogP contribution in [0.3, 0.4) is 0 Å². The first kappa shape index (κ1) is 14.4. The van der Waals surface area contributed by atoms with Crippen molar-refractivity contribution < 1.29 is 19.0 Å². The quantitative estimate of drug-likeness (QED) is 0.702. The molecule has 0 aromatic carbocycles. The first-order chi connectivity index (χ1) is 8.01. The molecule has 0 aromatic heterocycles. The highest BCUT2D eigenvalue weighted by atomic mass is 16.5. The second-order valence-corrected chi connectivity index (χ2v) is 4.62. The van der Waals surface area contributed by atoms with Gasteiger partial charge in [0.2, 0.25) is 0 Å². The van der Waals surface area contributed by atoms with Crippen LogP contribution in [-0.2, 0) is 19.0 Å². The number of rotatable bonds is 6. The third-order valence-electron chi connectivity index (χ3n) is 3.08. The second-order valence-electron chi connectivity index (χ2n) is 4.62. The Labute approximate surface area is 103 Å². The van der Waals surface area contributed by atoms with Gasteiger partial charge in [-0.15, -0.1) is 0 Å². The lowest BCUT2D eigenvalue weighted by Crippen LogP contribution is -2.47. The number of hydrogen-bond acceptors (Lipinski definition) is 5. The number of ether oxygens (including phenoxy) is 3. The minimum absolute atomic E-state index is 0.0227. The van der Waals surface area contributed by atoms with Crippen LogP contribution < -0.4 is 5.73 Å². The zero-order valence-corrected chi connectivity index (χ0v) is 10.9. The smallest absolute Gasteiger partial charge is 0.325 e. The largest absolute Gasteiger partial charge is 0.468 e. The van der Waals surface area contributed by atoms with Gasteiger partial charge in [0.1, 0.15) is 5.54 Å². The molecule has 0 amide bonds. The standard InChI is InChI=1S/C12H23NO4/c1-4-16-8-9(2)17-10-5-6-12(13,7-10)11(14)15-3/h9-10H,4-8,13H2,1-3H3. The number of methoxy groups -OCH3 is 1. The van der Waals surface area contributed by atoms with Gasteiger partial charge in [-0.05, 0) is 26.7 Å². The molecule has 0 heterocycles. The van der Waals surface area contributed by atoms with Crippen molar-refractivity contribution in [2.24, 2.45) is 5.73 Å². The van der Waals surface area contributed by atoms with Crippen molar-refractivity contribution in [3.8, 4) is 0 Å². The molecule has 3 atom stereocenters. The van der Waals surface area contributed by atoms with Crippen LogP contribution in [-0.4, -0.2) is 44.0 Å². The van der Waals surface area contributed by atoms with Crippen LogP contribution in [0.15, 0.2) is 0 Å². The molecule has 17 heavy (non-hydrogen) atoms. The number of hydrogen-bond donors (Lipinski definition) is 1. The van der Waals surface area contributed by atoms with Crippen molar-refractivity contribution in [2.75, 3.05) is 20.3 Å². The van der Waals surface area contributed by atoms with E-state index in [1.165, 1.54) is 7.11 Å². The summed E-state index contributed by atoms with van der Waals surface area (Å²) in [6, 6.07) is 0. The van der Waals surface area contributed by atoms with Gasteiger partial charge in [-0.2, -0.15) is 0 Å². The lowest BCUT2D eigenvalue weighted by molar-refractivity contribution is -0.147. The topological polar surface area (TPSA) is 70.8 Å². The molecule has 3 unspecified atom stereocenters. The minimum atomic E-state index is -0.870. The van der Waals surface area contributed by atoms with Crippen LogP contribution >= 0.6 is 0 Å². The highest BCUT2D eigenvalue weighted by molar-refractivity contribution is 5.80. The molecule has 100 valence electrons. The van der Waals surface area contributed by atoms with Gasteiger partial charge in [-0.1, -0.05) is 0 Å². The summed E-state index contributed by atoms with van der Waals surface area (Å²) < 4.78 is 15.8. The first-order valence-corrected chi connectivity index (χ1v) is 6.12. The molecule has 0 radical (unpaired) electrons. The Kier molecular flexibility index (Phi) is 5.36. The Morgan fingerprint density at radius 3 is 2.88 bits per heavy atom. The fourth-order valence-electron chi connectivity index (χ4n) is 2.19. The monoisotopic (exact) mass is 245 g/mol. The summed E-state index contributed by atoms with van der Waals surface area (Å²) in [6.07, 6.45) is 1.98. The van der Waals surface area contributed by atoms with E-state index in [2.05, 4.69) is 0 Å². The van der Waals surface area contributed by atoms with Gasteiger partial charge in [0.15, 0.2) is 0 Å². The predicted molar refractivity (Wildman–Crippen MR) is 63.6 cm³/mol. The van der Waals surface area contributed by atoms with Gasteiger partial charge in [-0.3, -0.25) is 4.79 Å². The Balaban J connectivity index is 2.37. The van der Waals surface area contributed by atoms with Crippen molar-refractivity contribution in [1.82, 2.24) is 0 Å². The number of carbonyl (C=O) groups excluding carboxylic acids is 1. The molecule has 1 saturated carbocycles. The highest BCUT2D eigenvalue weighted by Gasteiger charge is 2.43. The summed E-state index contributed by atoms with van der Waals surface area (Å²) in [5.41, 5.74) is 5.12. The molecular formula is C12H23NO4. The second kappa shape index (κ2) is 6.33. The van der Waals surface area contributed by atoms with Gasteiger partial charge in [0.05, 0.1) is 25.9 Å². The van der Waals surface area contributed by atoms with Crippen LogP contribution in [0.4, 0.5) is 0 Å². The van der Waals surface area contributed by atoms with Gasteiger partial charge in [0.25, 0.3) is 0 Å². The third kappa shape index (κ3) is 3.94. The fourth-order valence-corrected chi connectivity index (χ4v) is 2.19. The molecule has 1 fully saturated rings. The maximum atomic E-state index is 11.5. The normalized spacial score (nSPS) is 30.2. The highest BCUT2D eigenvalue weighted by Crippen LogP contribution is 2.31.